The molecular formula is C13H8Br2ClN3. The summed E-state index contributed by atoms with van der Waals surface area (Å²) in [7, 11) is 0. The van der Waals surface area contributed by atoms with Gasteiger partial charge < -0.3 is 0 Å². The maximum atomic E-state index is 5.99. The number of fused-ring (bicyclic) bond motifs is 1. The molecular weight excluding hydrogens is 393 g/mol. The van der Waals surface area contributed by atoms with Crippen molar-refractivity contribution < 1.29 is 0 Å². The zero-order valence-electron chi connectivity index (χ0n) is 9.65. The van der Waals surface area contributed by atoms with Crippen LogP contribution in [0.3, 0.4) is 0 Å². The predicted octanol–water partition coefficient (Wildman–Crippen LogP) is 4.68. The Morgan fingerprint density at radius 2 is 1.84 bits per heavy atom. The van der Waals surface area contributed by atoms with Gasteiger partial charge in [0.05, 0.1) is 5.88 Å². The Balaban J connectivity index is 2.29. The zero-order valence-corrected chi connectivity index (χ0v) is 13.6. The average Bonchev–Trinajstić information content (AvgIpc) is 2.77. The number of alkyl halides is 1. The first-order valence-corrected chi connectivity index (χ1v) is 7.66. The highest BCUT2D eigenvalue weighted by Crippen LogP contribution is 2.24. The maximum absolute atomic E-state index is 5.99. The fraction of sp³-hybridized carbons (Fsp3) is 0.0769. The molecule has 0 N–H and O–H groups in total. The van der Waals surface area contributed by atoms with Crippen LogP contribution >= 0.6 is 43.5 Å². The molecule has 3 rings (SSSR count). The van der Waals surface area contributed by atoms with Crippen molar-refractivity contribution in [2.75, 3.05) is 0 Å². The lowest BCUT2D eigenvalue weighted by Crippen LogP contribution is -1.99. The molecule has 0 aliphatic heterocycles. The minimum atomic E-state index is 0.337. The first-order chi connectivity index (χ1) is 9.19. The van der Waals surface area contributed by atoms with Crippen LogP contribution in [0.1, 0.15) is 5.82 Å². The van der Waals surface area contributed by atoms with Gasteiger partial charge in [0.2, 0.25) is 0 Å². The molecule has 0 unspecified atom stereocenters. The standard InChI is InChI=1S/C13H8Br2ClN3/c14-8-1-3-10(4-2-8)19-12(6-16)18-11-5-9(15)7-17-13(11)19/h1-5,7H,6H2. The first-order valence-electron chi connectivity index (χ1n) is 5.54. The van der Waals surface area contributed by atoms with Crippen LogP contribution in [0.2, 0.25) is 0 Å². The molecule has 0 spiro atoms. The third kappa shape index (κ3) is 2.42. The Morgan fingerprint density at radius 3 is 2.53 bits per heavy atom. The van der Waals surface area contributed by atoms with Crippen LogP contribution in [0.15, 0.2) is 45.5 Å². The van der Waals surface area contributed by atoms with Gasteiger partial charge in [-0.15, -0.1) is 11.6 Å². The van der Waals surface area contributed by atoms with Gasteiger partial charge in [0.1, 0.15) is 11.3 Å². The van der Waals surface area contributed by atoms with Gasteiger partial charge in [0.25, 0.3) is 0 Å². The largest absolute Gasteiger partial charge is 0.280 e. The van der Waals surface area contributed by atoms with Crippen molar-refractivity contribution >= 4 is 54.6 Å². The Kier molecular flexibility index (Phi) is 3.60. The predicted molar refractivity (Wildman–Crippen MR) is 83.8 cm³/mol. The second kappa shape index (κ2) is 5.23. The van der Waals surface area contributed by atoms with Gasteiger partial charge in [-0.3, -0.25) is 4.57 Å². The molecule has 0 radical (unpaired) electrons. The number of hydrogen-bond acceptors (Lipinski definition) is 2. The number of pyridine rings is 1. The van der Waals surface area contributed by atoms with Gasteiger partial charge in [-0.25, -0.2) is 9.97 Å². The molecule has 3 nitrogen and oxygen atoms in total. The summed E-state index contributed by atoms with van der Waals surface area (Å²) in [6.07, 6.45) is 1.76. The van der Waals surface area contributed by atoms with Gasteiger partial charge in [0, 0.05) is 20.8 Å². The van der Waals surface area contributed by atoms with Gasteiger partial charge >= 0.3 is 0 Å². The fourth-order valence-corrected chi connectivity index (χ4v) is 2.70. The quantitative estimate of drug-likeness (QED) is 0.584. The molecule has 0 aliphatic rings. The lowest BCUT2D eigenvalue weighted by atomic mass is 10.3. The molecule has 19 heavy (non-hydrogen) atoms. The zero-order chi connectivity index (χ0) is 13.4. The third-order valence-electron chi connectivity index (χ3n) is 2.74. The van der Waals surface area contributed by atoms with E-state index in [4.69, 9.17) is 11.6 Å². The van der Waals surface area contributed by atoms with Crippen LogP contribution < -0.4 is 0 Å². The van der Waals surface area contributed by atoms with E-state index in [2.05, 4.69) is 41.8 Å². The molecule has 3 aromatic rings. The second-order valence-electron chi connectivity index (χ2n) is 3.97. The number of hydrogen-bond donors (Lipinski definition) is 0. The molecule has 0 saturated heterocycles. The molecule has 2 aromatic heterocycles. The van der Waals surface area contributed by atoms with Gasteiger partial charge in [-0.2, -0.15) is 0 Å². The van der Waals surface area contributed by atoms with Crippen molar-refractivity contribution in [1.82, 2.24) is 14.5 Å². The van der Waals surface area contributed by atoms with E-state index in [9.17, 15) is 0 Å². The van der Waals surface area contributed by atoms with Crippen LogP contribution in [0, 0.1) is 0 Å². The molecule has 0 aliphatic carbocycles. The first kappa shape index (κ1) is 13.1. The van der Waals surface area contributed by atoms with Crippen LogP contribution in [-0.2, 0) is 5.88 Å². The van der Waals surface area contributed by atoms with E-state index in [0.717, 1.165) is 31.6 Å². The number of benzene rings is 1. The van der Waals surface area contributed by atoms with Crippen molar-refractivity contribution in [2.45, 2.75) is 5.88 Å². The molecule has 0 atom stereocenters. The summed E-state index contributed by atoms with van der Waals surface area (Å²) in [6, 6.07) is 9.92. The van der Waals surface area contributed by atoms with Crippen molar-refractivity contribution in [3.8, 4) is 5.69 Å². The highest BCUT2D eigenvalue weighted by atomic mass is 79.9. The molecule has 96 valence electrons. The van der Waals surface area contributed by atoms with Crippen molar-refractivity contribution in [3.05, 3.63) is 51.3 Å². The third-order valence-corrected chi connectivity index (χ3v) is 3.94. The minimum absolute atomic E-state index is 0.337. The summed E-state index contributed by atoms with van der Waals surface area (Å²) in [5.41, 5.74) is 2.63. The molecule has 0 amide bonds. The summed E-state index contributed by atoms with van der Waals surface area (Å²) in [4.78, 5) is 8.95. The van der Waals surface area contributed by atoms with E-state index in [1.54, 1.807) is 6.20 Å². The van der Waals surface area contributed by atoms with Crippen molar-refractivity contribution in [2.24, 2.45) is 0 Å². The van der Waals surface area contributed by atoms with E-state index in [0.29, 0.717) is 5.88 Å². The Hall–Kier alpha value is -0.910. The normalized spacial score (nSPS) is 11.1. The van der Waals surface area contributed by atoms with Crippen LogP contribution in [0.4, 0.5) is 0 Å². The summed E-state index contributed by atoms with van der Waals surface area (Å²) >= 11 is 12.8. The van der Waals surface area contributed by atoms with E-state index < -0.39 is 0 Å². The summed E-state index contributed by atoms with van der Waals surface area (Å²) in [5, 5.41) is 0. The lowest BCUT2D eigenvalue weighted by molar-refractivity contribution is 0.969. The van der Waals surface area contributed by atoms with Gasteiger partial charge in [-0.05, 0) is 46.3 Å². The Bertz CT molecular complexity index is 737. The average molecular weight is 401 g/mol. The topological polar surface area (TPSA) is 30.7 Å². The van der Waals surface area contributed by atoms with Gasteiger partial charge in [-0.1, -0.05) is 15.9 Å². The SMILES string of the molecule is ClCc1nc2cc(Br)cnc2n1-c1ccc(Br)cc1. The van der Waals surface area contributed by atoms with E-state index >= 15 is 0 Å². The molecule has 0 saturated carbocycles. The number of nitrogens with zero attached hydrogens (tertiary/aromatic N) is 3. The summed E-state index contributed by atoms with van der Waals surface area (Å²) < 4.78 is 3.91. The highest BCUT2D eigenvalue weighted by molar-refractivity contribution is 9.10. The highest BCUT2D eigenvalue weighted by Gasteiger charge is 2.13. The fourth-order valence-electron chi connectivity index (χ4n) is 1.94. The van der Waals surface area contributed by atoms with E-state index in [1.165, 1.54) is 0 Å². The summed E-state index contributed by atoms with van der Waals surface area (Å²) in [6.45, 7) is 0. The van der Waals surface area contributed by atoms with Crippen LogP contribution in [0.5, 0.6) is 0 Å². The van der Waals surface area contributed by atoms with E-state index in [1.807, 2.05) is 34.9 Å². The van der Waals surface area contributed by atoms with Crippen LogP contribution in [-0.4, -0.2) is 14.5 Å². The lowest BCUT2D eigenvalue weighted by Gasteiger charge is -2.07. The Morgan fingerprint density at radius 1 is 1.11 bits per heavy atom. The molecule has 0 fully saturated rings. The Labute approximate surface area is 131 Å². The summed E-state index contributed by atoms with van der Waals surface area (Å²) in [5.74, 6) is 1.12. The number of rotatable bonds is 2. The second-order valence-corrected chi connectivity index (χ2v) is 6.07. The van der Waals surface area contributed by atoms with Crippen molar-refractivity contribution in [1.29, 1.82) is 0 Å². The number of imidazole rings is 1. The number of aromatic nitrogens is 3. The molecule has 6 heteroatoms. The van der Waals surface area contributed by atoms with Crippen molar-refractivity contribution in [3.63, 3.8) is 0 Å². The molecule has 0 bridgehead atoms. The van der Waals surface area contributed by atoms with Gasteiger partial charge in [0.15, 0.2) is 5.65 Å². The minimum Gasteiger partial charge on any atom is -0.280 e. The molecule has 1 aromatic carbocycles. The van der Waals surface area contributed by atoms with E-state index in [-0.39, 0.29) is 0 Å². The van der Waals surface area contributed by atoms with Crippen LogP contribution in [0.25, 0.3) is 16.9 Å². The number of halogens is 3. The monoisotopic (exact) mass is 399 g/mol. The molecule has 2 heterocycles. The smallest absolute Gasteiger partial charge is 0.164 e. The maximum Gasteiger partial charge on any atom is 0.164 e.